The SMILES string of the molecule is c1ccc2c(c1)Oc1ccc(-c3ccc(-n4c5c6ccccc6ccc5c5ccc6ccccc6c54)cc3)c3cccc-2c13. The standard InChI is InChI=1S/C42H25NO/c1-3-10-31-26(8-1)18-22-36-37-23-19-27-9-2-4-11-32(27)42(37)43(41(31)36)29-20-16-28(17-21-29)30-24-25-39-40-34(30)13-7-14-35(40)33-12-5-6-15-38(33)44-39/h1-25H. The van der Waals surface area contributed by atoms with Crippen LogP contribution in [-0.4, -0.2) is 4.57 Å². The van der Waals surface area contributed by atoms with Gasteiger partial charge >= 0.3 is 0 Å². The first kappa shape index (κ1) is 23.7. The summed E-state index contributed by atoms with van der Waals surface area (Å²) >= 11 is 0. The van der Waals surface area contributed by atoms with Crippen LogP contribution in [0.1, 0.15) is 0 Å². The van der Waals surface area contributed by atoms with E-state index in [-0.39, 0.29) is 0 Å². The fourth-order valence-corrected chi connectivity index (χ4v) is 7.42. The van der Waals surface area contributed by atoms with Gasteiger partial charge in [-0.05, 0) is 57.1 Å². The van der Waals surface area contributed by atoms with Gasteiger partial charge in [-0.25, -0.2) is 0 Å². The summed E-state index contributed by atoms with van der Waals surface area (Å²) in [5.41, 5.74) is 8.41. The molecule has 0 saturated carbocycles. The number of hydrogen-bond acceptors (Lipinski definition) is 1. The second-order valence-electron chi connectivity index (χ2n) is 11.7. The van der Waals surface area contributed by atoms with E-state index in [1.807, 2.05) is 12.1 Å². The van der Waals surface area contributed by atoms with Gasteiger partial charge in [-0.15, -0.1) is 0 Å². The number of rotatable bonds is 2. The van der Waals surface area contributed by atoms with Gasteiger partial charge in [0.1, 0.15) is 11.5 Å². The Morgan fingerprint density at radius 1 is 0.364 bits per heavy atom. The third kappa shape index (κ3) is 3.20. The average Bonchev–Trinajstić information content (AvgIpc) is 3.44. The van der Waals surface area contributed by atoms with Gasteiger partial charge in [0.2, 0.25) is 0 Å². The molecule has 0 N–H and O–H groups in total. The lowest BCUT2D eigenvalue weighted by molar-refractivity contribution is 0.487. The van der Waals surface area contributed by atoms with E-state index in [0.717, 1.165) is 22.7 Å². The van der Waals surface area contributed by atoms with E-state index in [4.69, 9.17) is 4.74 Å². The van der Waals surface area contributed by atoms with Crippen molar-refractivity contribution in [3.05, 3.63) is 152 Å². The van der Waals surface area contributed by atoms with Gasteiger partial charge in [0.05, 0.1) is 11.0 Å². The van der Waals surface area contributed by atoms with Crippen LogP contribution in [0.5, 0.6) is 11.5 Å². The summed E-state index contributed by atoms with van der Waals surface area (Å²) in [6.07, 6.45) is 0. The minimum absolute atomic E-state index is 0.913. The number of benzene rings is 8. The van der Waals surface area contributed by atoms with Crippen LogP contribution in [0, 0.1) is 0 Å². The molecule has 0 spiro atoms. The predicted molar refractivity (Wildman–Crippen MR) is 184 cm³/mol. The van der Waals surface area contributed by atoms with Crippen molar-refractivity contribution < 1.29 is 4.74 Å². The van der Waals surface area contributed by atoms with Gasteiger partial charge in [0, 0.05) is 38.2 Å². The molecule has 1 aliphatic rings. The Kier molecular flexibility index (Phi) is 4.75. The van der Waals surface area contributed by atoms with E-state index >= 15 is 0 Å². The zero-order valence-corrected chi connectivity index (χ0v) is 23.8. The number of fused-ring (bicyclic) bond motifs is 9. The molecule has 0 amide bonds. The second kappa shape index (κ2) is 8.82. The lowest BCUT2D eigenvalue weighted by Gasteiger charge is -2.22. The van der Waals surface area contributed by atoms with Crippen LogP contribution >= 0.6 is 0 Å². The van der Waals surface area contributed by atoms with Crippen LogP contribution in [0.3, 0.4) is 0 Å². The first-order valence-electron chi connectivity index (χ1n) is 15.1. The minimum atomic E-state index is 0.913. The van der Waals surface area contributed by atoms with E-state index in [2.05, 4.69) is 144 Å². The monoisotopic (exact) mass is 559 g/mol. The Morgan fingerprint density at radius 2 is 0.977 bits per heavy atom. The molecular weight excluding hydrogens is 534 g/mol. The number of ether oxygens (including phenoxy) is 1. The van der Waals surface area contributed by atoms with Crippen LogP contribution in [-0.2, 0) is 0 Å². The Balaban J connectivity index is 1.22. The summed E-state index contributed by atoms with van der Waals surface area (Å²) in [7, 11) is 0. The van der Waals surface area contributed by atoms with Gasteiger partial charge < -0.3 is 9.30 Å². The molecule has 1 aliphatic heterocycles. The molecule has 1 aromatic heterocycles. The molecular formula is C42H25NO. The van der Waals surface area contributed by atoms with Crippen LogP contribution < -0.4 is 4.74 Å². The van der Waals surface area contributed by atoms with Gasteiger partial charge in [-0.2, -0.15) is 0 Å². The number of nitrogens with zero attached hydrogens (tertiary/aromatic N) is 1. The maximum atomic E-state index is 6.36. The maximum absolute atomic E-state index is 6.36. The molecule has 0 unspecified atom stereocenters. The number of hydrogen-bond donors (Lipinski definition) is 0. The molecule has 0 aliphatic carbocycles. The van der Waals surface area contributed by atoms with E-state index < -0.39 is 0 Å². The Hall–Kier alpha value is -5.86. The van der Waals surface area contributed by atoms with Crippen LogP contribution in [0.15, 0.2) is 152 Å². The van der Waals surface area contributed by atoms with Crippen molar-refractivity contribution in [2.45, 2.75) is 0 Å². The van der Waals surface area contributed by atoms with Crippen LogP contribution in [0.2, 0.25) is 0 Å². The average molecular weight is 560 g/mol. The van der Waals surface area contributed by atoms with Crippen LogP contribution in [0.4, 0.5) is 0 Å². The molecule has 204 valence electrons. The van der Waals surface area contributed by atoms with Gasteiger partial charge in [0.15, 0.2) is 0 Å². The molecule has 8 aromatic carbocycles. The smallest absolute Gasteiger partial charge is 0.135 e. The van der Waals surface area contributed by atoms with E-state index in [9.17, 15) is 0 Å². The summed E-state index contributed by atoms with van der Waals surface area (Å²) in [6, 6.07) is 54.8. The minimum Gasteiger partial charge on any atom is -0.456 e. The predicted octanol–water partition coefficient (Wildman–Crippen LogP) is 11.7. The van der Waals surface area contributed by atoms with E-state index in [1.165, 1.54) is 70.8 Å². The van der Waals surface area contributed by atoms with Crippen molar-refractivity contribution >= 4 is 54.1 Å². The Labute approximate surface area is 254 Å². The third-order valence-corrected chi connectivity index (χ3v) is 9.37. The molecule has 2 heterocycles. The summed E-state index contributed by atoms with van der Waals surface area (Å²) in [5, 5.41) is 9.95. The second-order valence-corrected chi connectivity index (χ2v) is 11.7. The first-order valence-corrected chi connectivity index (χ1v) is 15.1. The van der Waals surface area contributed by atoms with Crippen molar-refractivity contribution in [2.75, 3.05) is 0 Å². The highest BCUT2D eigenvalue weighted by atomic mass is 16.5. The van der Waals surface area contributed by atoms with Crippen molar-refractivity contribution in [1.29, 1.82) is 0 Å². The van der Waals surface area contributed by atoms with Crippen molar-refractivity contribution in [3.8, 4) is 39.4 Å². The quantitative estimate of drug-likeness (QED) is 0.205. The first-order chi connectivity index (χ1) is 21.8. The molecule has 10 rings (SSSR count). The molecule has 0 bridgehead atoms. The molecule has 0 radical (unpaired) electrons. The van der Waals surface area contributed by atoms with E-state index in [1.54, 1.807) is 0 Å². The third-order valence-electron chi connectivity index (χ3n) is 9.37. The van der Waals surface area contributed by atoms with Crippen LogP contribution in [0.25, 0.3) is 82.1 Å². The summed E-state index contributed by atoms with van der Waals surface area (Å²) < 4.78 is 8.83. The molecule has 0 saturated heterocycles. The molecule has 0 atom stereocenters. The lowest BCUT2D eigenvalue weighted by Crippen LogP contribution is -1.98. The highest BCUT2D eigenvalue weighted by Gasteiger charge is 2.22. The fraction of sp³-hybridized carbons (Fsp3) is 0. The summed E-state index contributed by atoms with van der Waals surface area (Å²) in [6.45, 7) is 0. The summed E-state index contributed by atoms with van der Waals surface area (Å²) in [4.78, 5) is 0. The largest absolute Gasteiger partial charge is 0.456 e. The van der Waals surface area contributed by atoms with Crippen molar-refractivity contribution in [3.63, 3.8) is 0 Å². The van der Waals surface area contributed by atoms with E-state index in [0.29, 0.717) is 0 Å². The molecule has 2 nitrogen and oxygen atoms in total. The molecule has 9 aromatic rings. The maximum Gasteiger partial charge on any atom is 0.135 e. The highest BCUT2D eigenvalue weighted by molar-refractivity contribution is 6.23. The Bertz CT molecular complexity index is 2530. The van der Waals surface area contributed by atoms with Crippen molar-refractivity contribution in [1.82, 2.24) is 4.57 Å². The highest BCUT2D eigenvalue weighted by Crippen LogP contribution is 2.48. The van der Waals surface area contributed by atoms with Gasteiger partial charge in [0.25, 0.3) is 0 Å². The molecule has 44 heavy (non-hydrogen) atoms. The molecule has 0 fully saturated rings. The van der Waals surface area contributed by atoms with Gasteiger partial charge in [-0.3, -0.25) is 0 Å². The molecule has 2 heteroatoms. The normalized spacial score (nSPS) is 12.3. The summed E-state index contributed by atoms with van der Waals surface area (Å²) in [5.74, 6) is 1.83. The number of para-hydroxylation sites is 1. The lowest BCUT2D eigenvalue weighted by atomic mass is 9.90. The Morgan fingerprint density at radius 3 is 1.70 bits per heavy atom. The zero-order chi connectivity index (χ0) is 28.8. The fourth-order valence-electron chi connectivity index (χ4n) is 7.42. The zero-order valence-electron chi connectivity index (χ0n) is 23.8. The van der Waals surface area contributed by atoms with Gasteiger partial charge in [-0.1, -0.05) is 127 Å². The topological polar surface area (TPSA) is 14.2 Å². The van der Waals surface area contributed by atoms with Crippen molar-refractivity contribution in [2.24, 2.45) is 0 Å². The number of aromatic nitrogens is 1.